The van der Waals surface area contributed by atoms with Gasteiger partial charge in [-0.15, -0.1) is 0 Å². The van der Waals surface area contributed by atoms with Gasteiger partial charge in [0.05, 0.1) is 15.9 Å². The minimum absolute atomic E-state index is 0.0660. The average Bonchev–Trinajstić information content (AvgIpc) is 2.36. The van der Waals surface area contributed by atoms with Crippen LogP contribution >= 0.6 is 11.8 Å². The number of rotatable bonds is 7. The van der Waals surface area contributed by atoms with Crippen LogP contribution in [0.1, 0.15) is 18.9 Å². The van der Waals surface area contributed by atoms with Gasteiger partial charge in [-0.25, -0.2) is 0 Å². The summed E-state index contributed by atoms with van der Waals surface area (Å²) >= 11 is 1.47. The van der Waals surface area contributed by atoms with E-state index in [0.29, 0.717) is 17.7 Å². The first-order valence-corrected chi connectivity index (χ1v) is 6.64. The summed E-state index contributed by atoms with van der Waals surface area (Å²) in [6, 6.07) is 3.65. The van der Waals surface area contributed by atoms with Gasteiger partial charge in [0.25, 0.3) is 11.4 Å². The van der Waals surface area contributed by atoms with E-state index in [-0.39, 0.29) is 23.2 Å². The Morgan fingerprint density at radius 3 is 2.53 bits per heavy atom. The van der Waals surface area contributed by atoms with E-state index >= 15 is 0 Å². The molecule has 0 fully saturated rings. The molecular weight excluding hydrogens is 272 g/mol. The average molecular weight is 286 g/mol. The van der Waals surface area contributed by atoms with Crippen molar-refractivity contribution in [3.8, 4) is 0 Å². The number of aliphatic hydroxyl groups is 1. The van der Waals surface area contributed by atoms with Gasteiger partial charge in [0.1, 0.15) is 0 Å². The number of hydrogen-bond acceptors (Lipinski definition) is 6. The van der Waals surface area contributed by atoms with Gasteiger partial charge in [0, 0.05) is 29.2 Å². The maximum absolute atomic E-state index is 10.9. The molecule has 0 saturated heterocycles. The Bertz CT molecular complexity index is 480. The number of hydrogen-bond donors (Lipinski definition) is 1. The zero-order valence-corrected chi connectivity index (χ0v) is 11.1. The molecule has 0 aliphatic rings. The zero-order chi connectivity index (χ0) is 14.4. The molecule has 0 amide bonds. The Kier molecular flexibility index (Phi) is 5.71. The number of aliphatic hydroxyl groups excluding tert-OH is 1. The highest BCUT2D eigenvalue weighted by Crippen LogP contribution is 2.29. The molecule has 1 aromatic carbocycles. The first-order chi connectivity index (χ1) is 8.95. The van der Waals surface area contributed by atoms with Crippen molar-refractivity contribution in [2.75, 3.05) is 6.61 Å². The van der Waals surface area contributed by atoms with Crippen molar-refractivity contribution in [1.29, 1.82) is 0 Å². The quantitative estimate of drug-likeness (QED) is 0.609. The van der Waals surface area contributed by atoms with Gasteiger partial charge in [-0.1, -0.05) is 6.92 Å². The molecule has 1 atom stereocenters. The van der Waals surface area contributed by atoms with Crippen LogP contribution in [0.25, 0.3) is 0 Å². The molecule has 1 N–H and O–H groups in total. The van der Waals surface area contributed by atoms with Crippen molar-refractivity contribution in [1.82, 2.24) is 0 Å². The van der Waals surface area contributed by atoms with E-state index in [4.69, 9.17) is 5.11 Å². The van der Waals surface area contributed by atoms with Crippen molar-refractivity contribution in [2.45, 2.75) is 24.3 Å². The molecular formula is C11H14N2O5S. The second kappa shape index (κ2) is 7.05. The van der Waals surface area contributed by atoms with Crippen molar-refractivity contribution in [3.05, 3.63) is 44.0 Å². The number of nitro groups is 2. The number of benzene rings is 1. The molecule has 0 radical (unpaired) electrons. The lowest BCUT2D eigenvalue weighted by molar-refractivity contribution is -0.394. The van der Waals surface area contributed by atoms with Gasteiger partial charge in [0.2, 0.25) is 0 Å². The van der Waals surface area contributed by atoms with Crippen molar-refractivity contribution in [3.63, 3.8) is 0 Å². The Morgan fingerprint density at radius 1 is 1.32 bits per heavy atom. The predicted molar refractivity (Wildman–Crippen MR) is 72.2 cm³/mol. The molecule has 1 unspecified atom stereocenters. The van der Waals surface area contributed by atoms with E-state index in [9.17, 15) is 20.2 Å². The maximum Gasteiger partial charge on any atom is 0.280 e. The molecule has 19 heavy (non-hydrogen) atoms. The minimum Gasteiger partial charge on any atom is -0.396 e. The molecule has 104 valence electrons. The van der Waals surface area contributed by atoms with Crippen LogP contribution in [0.5, 0.6) is 0 Å². The van der Waals surface area contributed by atoms with E-state index in [2.05, 4.69) is 0 Å². The second-order valence-electron chi connectivity index (χ2n) is 3.96. The van der Waals surface area contributed by atoms with Crippen LogP contribution in [-0.2, 0) is 5.75 Å². The molecule has 8 heteroatoms. The standard InChI is InChI=1S/C11H14N2O5S/c1-8(4-5-14)19-7-9-2-3-10(12(15)16)6-11(9)13(17)18/h2-3,6,8,14H,4-5,7H2,1H3. The van der Waals surface area contributed by atoms with Gasteiger partial charge < -0.3 is 5.11 Å². The molecule has 1 aromatic rings. The first-order valence-electron chi connectivity index (χ1n) is 5.60. The molecule has 0 aliphatic carbocycles. The molecule has 0 heterocycles. The van der Waals surface area contributed by atoms with Crippen LogP contribution in [0.4, 0.5) is 11.4 Å². The fraction of sp³-hybridized carbons (Fsp3) is 0.455. The van der Waals surface area contributed by atoms with Crippen LogP contribution in [0.2, 0.25) is 0 Å². The largest absolute Gasteiger partial charge is 0.396 e. The van der Waals surface area contributed by atoms with Crippen LogP contribution in [0, 0.1) is 20.2 Å². The number of thioether (sulfide) groups is 1. The lowest BCUT2D eigenvalue weighted by Crippen LogP contribution is -2.02. The SMILES string of the molecule is CC(CCO)SCc1ccc([N+](=O)[O-])cc1[N+](=O)[O-]. The topological polar surface area (TPSA) is 107 Å². The zero-order valence-electron chi connectivity index (χ0n) is 10.3. The normalized spacial score (nSPS) is 12.1. The van der Waals surface area contributed by atoms with Gasteiger partial charge in [0.15, 0.2) is 0 Å². The molecule has 0 saturated carbocycles. The third kappa shape index (κ3) is 4.49. The van der Waals surface area contributed by atoms with E-state index in [1.54, 1.807) is 0 Å². The summed E-state index contributed by atoms with van der Waals surface area (Å²) in [5.74, 6) is 0.384. The summed E-state index contributed by atoms with van der Waals surface area (Å²) < 4.78 is 0. The summed E-state index contributed by atoms with van der Waals surface area (Å²) in [6.07, 6.45) is 0.603. The monoisotopic (exact) mass is 286 g/mol. The molecule has 1 rings (SSSR count). The van der Waals surface area contributed by atoms with Crippen LogP contribution < -0.4 is 0 Å². The number of nitrogens with zero attached hydrogens (tertiary/aromatic N) is 2. The highest BCUT2D eigenvalue weighted by atomic mass is 32.2. The van der Waals surface area contributed by atoms with Crippen LogP contribution in [-0.4, -0.2) is 26.8 Å². The lowest BCUT2D eigenvalue weighted by atomic mass is 10.2. The van der Waals surface area contributed by atoms with Crippen LogP contribution in [0.15, 0.2) is 18.2 Å². The van der Waals surface area contributed by atoms with Gasteiger partial charge in [-0.05, 0) is 12.5 Å². The second-order valence-corrected chi connectivity index (χ2v) is 5.39. The Balaban J connectivity index is 2.88. The number of nitro benzene ring substituents is 2. The summed E-state index contributed by atoms with van der Waals surface area (Å²) in [6.45, 7) is 1.98. The minimum atomic E-state index is -0.654. The van der Waals surface area contributed by atoms with E-state index in [1.807, 2.05) is 6.92 Å². The Hall–Kier alpha value is -1.67. The number of non-ortho nitro benzene ring substituents is 1. The maximum atomic E-state index is 10.9. The first kappa shape index (κ1) is 15.4. The summed E-state index contributed by atoms with van der Waals surface area (Å²) in [7, 11) is 0. The summed E-state index contributed by atoms with van der Waals surface area (Å²) in [5, 5.41) is 30.4. The van der Waals surface area contributed by atoms with Gasteiger partial charge in [-0.3, -0.25) is 20.2 Å². The van der Waals surface area contributed by atoms with E-state index < -0.39 is 9.85 Å². The molecule has 0 spiro atoms. The highest BCUT2D eigenvalue weighted by molar-refractivity contribution is 7.99. The van der Waals surface area contributed by atoms with Crippen molar-refractivity contribution >= 4 is 23.1 Å². The third-order valence-electron chi connectivity index (χ3n) is 2.54. The van der Waals surface area contributed by atoms with E-state index in [0.717, 1.165) is 6.07 Å². The molecule has 0 bridgehead atoms. The van der Waals surface area contributed by atoms with E-state index in [1.165, 1.54) is 23.9 Å². The fourth-order valence-corrected chi connectivity index (χ4v) is 2.44. The molecule has 0 aliphatic heterocycles. The smallest absolute Gasteiger partial charge is 0.280 e. The summed E-state index contributed by atoms with van der Waals surface area (Å²) in [4.78, 5) is 20.2. The Labute approximate surface area is 113 Å². The lowest BCUT2D eigenvalue weighted by Gasteiger charge is -2.09. The highest BCUT2D eigenvalue weighted by Gasteiger charge is 2.19. The Morgan fingerprint density at radius 2 is 2.00 bits per heavy atom. The van der Waals surface area contributed by atoms with Crippen LogP contribution in [0.3, 0.4) is 0 Å². The fourth-order valence-electron chi connectivity index (χ4n) is 1.45. The third-order valence-corrected chi connectivity index (χ3v) is 3.82. The van der Waals surface area contributed by atoms with Gasteiger partial charge >= 0.3 is 0 Å². The molecule has 7 nitrogen and oxygen atoms in total. The van der Waals surface area contributed by atoms with Crippen molar-refractivity contribution < 1.29 is 15.0 Å². The molecule has 0 aromatic heterocycles. The van der Waals surface area contributed by atoms with Crippen molar-refractivity contribution in [2.24, 2.45) is 0 Å². The predicted octanol–water partition coefficient (Wildman–Crippen LogP) is 2.51. The van der Waals surface area contributed by atoms with Gasteiger partial charge in [-0.2, -0.15) is 11.8 Å². The summed E-state index contributed by atoms with van der Waals surface area (Å²) in [5.41, 5.74) is -0.0767.